The number of hydrogen-bond donors (Lipinski definition) is 0. The molecule has 0 bridgehead atoms. The molecule has 1 nitrogen and oxygen atoms in total. The van der Waals surface area contributed by atoms with Gasteiger partial charge < -0.3 is 0 Å². The van der Waals surface area contributed by atoms with Crippen LogP contribution in [0, 0.1) is 46.6 Å². The molecular formula is C22H25F2N. The first-order valence-corrected chi connectivity index (χ1v) is 9.21. The Labute approximate surface area is 149 Å². The second kappa shape index (κ2) is 10.00. The molecule has 0 amide bonds. The van der Waals surface area contributed by atoms with E-state index in [9.17, 15) is 8.78 Å². The van der Waals surface area contributed by atoms with E-state index >= 15 is 0 Å². The molecule has 0 radical (unpaired) electrons. The molecule has 1 aliphatic carbocycles. The summed E-state index contributed by atoms with van der Waals surface area (Å²) in [5.74, 6) is 5.30. The van der Waals surface area contributed by atoms with Gasteiger partial charge in [0.15, 0.2) is 0 Å². The van der Waals surface area contributed by atoms with Gasteiger partial charge in [-0.25, -0.2) is 8.78 Å². The fourth-order valence-corrected chi connectivity index (χ4v) is 3.41. The van der Waals surface area contributed by atoms with Gasteiger partial charge in [0.2, 0.25) is 0 Å². The molecule has 1 saturated carbocycles. The lowest BCUT2D eigenvalue weighted by molar-refractivity contribution is 0.289. The Morgan fingerprint density at radius 3 is 2.40 bits per heavy atom. The van der Waals surface area contributed by atoms with Crippen LogP contribution >= 0.6 is 0 Å². The molecule has 0 unspecified atom stereocenters. The first-order valence-electron chi connectivity index (χ1n) is 9.21. The number of unbranched alkanes of at least 4 members (excludes halogenated alkanes) is 2. The van der Waals surface area contributed by atoms with E-state index in [0.717, 1.165) is 18.1 Å². The van der Waals surface area contributed by atoms with E-state index in [1.165, 1.54) is 57.4 Å². The molecule has 1 aliphatic rings. The van der Waals surface area contributed by atoms with Gasteiger partial charge in [-0.05, 0) is 55.7 Å². The number of rotatable bonds is 5. The molecule has 1 fully saturated rings. The van der Waals surface area contributed by atoms with Crippen molar-refractivity contribution in [3.63, 3.8) is 0 Å². The largest absolute Gasteiger partial charge is 0.205 e. The minimum Gasteiger partial charge on any atom is -0.205 e. The van der Waals surface area contributed by atoms with Crippen LogP contribution < -0.4 is 0 Å². The van der Waals surface area contributed by atoms with Crippen molar-refractivity contribution >= 4 is 0 Å². The molecule has 1 aromatic carbocycles. The quantitative estimate of drug-likeness (QED) is 0.467. The first kappa shape index (κ1) is 19.2. The zero-order valence-electron chi connectivity index (χ0n) is 14.8. The zero-order valence-corrected chi connectivity index (χ0v) is 14.8. The van der Waals surface area contributed by atoms with Crippen LogP contribution in [0.2, 0.25) is 0 Å². The topological polar surface area (TPSA) is 23.8 Å². The molecule has 0 atom stereocenters. The van der Waals surface area contributed by atoms with E-state index < -0.39 is 17.2 Å². The van der Waals surface area contributed by atoms with Crippen LogP contribution in [0.5, 0.6) is 0 Å². The van der Waals surface area contributed by atoms with Crippen molar-refractivity contribution in [2.45, 2.75) is 58.3 Å². The van der Waals surface area contributed by atoms with E-state index in [-0.39, 0.29) is 5.56 Å². The van der Waals surface area contributed by atoms with Crippen molar-refractivity contribution in [2.24, 2.45) is 11.8 Å². The smallest absolute Gasteiger partial charge is 0.145 e. The van der Waals surface area contributed by atoms with Crippen molar-refractivity contribution in [3.8, 4) is 17.9 Å². The average Bonchev–Trinajstić information content (AvgIpc) is 2.60. The van der Waals surface area contributed by atoms with Gasteiger partial charge in [-0.15, -0.1) is 0 Å². The molecule has 2 rings (SSSR count). The van der Waals surface area contributed by atoms with E-state index in [1.54, 1.807) is 6.08 Å². The molecule has 0 aliphatic heterocycles. The highest BCUT2D eigenvalue weighted by molar-refractivity contribution is 5.43. The van der Waals surface area contributed by atoms with Crippen molar-refractivity contribution in [1.29, 1.82) is 5.26 Å². The maximum atomic E-state index is 13.5. The summed E-state index contributed by atoms with van der Waals surface area (Å²) < 4.78 is 27.0. The SMILES string of the molecule is CCCCC[C@H]1CC[C@H](/C=C/C#Cc2cc(F)c(C#N)c(F)c2)CC1. The van der Waals surface area contributed by atoms with Gasteiger partial charge in [-0.3, -0.25) is 0 Å². The summed E-state index contributed by atoms with van der Waals surface area (Å²) in [5, 5.41) is 8.65. The molecule has 0 spiro atoms. The second-order valence-corrected chi connectivity index (χ2v) is 6.83. The lowest BCUT2D eigenvalue weighted by Crippen LogP contribution is -2.12. The molecular weight excluding hydrogens is 316 g/mol. The summed E-state index contributed by atoms with van der Waals surface area (Å²) >= 11 is 0. The molecule has 0 N–H and O–H groups in total. The number of hydrogen-bond acceptors (Lipinski definition) is 1. The van der Waals surface area contributed by atoms with E-state index in [4.69, 9.17) is 5.26 Å². The third-order valence-corrected chi connectivity index (χ3v) is 4.93. The lowest BCUT2D eigenvalue weighted by atomic mass is 9.79. The summed E-state index contributed by atoms with van der Waals surface area (Å²) in [7, 11) is 0. The zero-order chi connectivity index (χ0) is 18.1. The summed E-state index contributed by atoms with van der Waals surface area (Å²) in [6.07, 6.45) is 14.2. The molecule has 1 aromatic rings. The maximum Gasteiger partial charge on any atom is 0.145 e. The Balaban J connectivity index is 1.83. The highest BCUT2D eigenvalue weighted by Gasteiger charge is 2.18. The number of benzene rings is 1. The Bertz CT molecular complexity index is 672. The van der Waals surface area contributed by atoms with Gasteiger partial charge in [0.25, 0.3) is 0 Å². The minimum atomic E-state index is -0.864. The summed E-state index contributed by atoms with van der Waals surface area (Å²) in [6, 6.07) is 3.71. The molecule has 3 heteroatoms. The van der Waals surface area contributed by atoms with Crippen LogP contribution in [-0.2, 0) is 0 Å². The van der Waals surface area contributed by atoms with Crippen molar-refractivity contribution < 1.29 is 8.78 Å². The third-order valence-electron chi connectivity index (χ3n) is 4.93. The lowest BCUT2D eigenvalue weighted by Gasteiger charge is -2.26. The Hall–Kier alpha value is -2.13. The van der Waals surface area contributed by atoms with Gasteiger partial charge in [0.1, 0.15) is 23.3 Å². The van der Waals surface area contributed by atoms with Crippen LogP contribution in [0.4, 0.5) is 8.78 Å². The normalized spacial score (nSPS) is 20.1. The van der Waals surface area contributed by atoms with E-state index in [1.807, 2.05) is 0 Å². The van der Waals surface area contributed by atoms with E-state index in [0.29, 0.717) is 5.92 Å². The summed E-state index contributed by atoms with van der Waals surface area (Å²) in [4.78, 5) is 0. The molecule has 132 valence electrons. The molecule has 25 heavy (non-hydrogen) atoms. The number of nitriles is 1. The predicted octanol–water partition coefficient (Wildman–Crippen LogP) is 6.13. The predicted molar refractivity (Wildman–Crippen MR) is 96.7 cm³/mol. The van der Waals surface area contributed by atoms with Crippen molar-refractivity contribution in [2.75, 3.05) is 0 Å². The third kappa shape index (κ3) is 6.02. The highest BCUT2D eigenvalue weighted by Crippen LogP contribution is 2.32. The number of halogens is 2. The Morgan fingerprint density at radius 2 is 1.80 bits per heavy atom. The van der Waals surface area contributed by atoms with Gasteiger partial charge >= 0.3 is 0 Å². The number of allylic oxidation sites excluding steroid dienone is 2. The first-order chi connectivity index (χ1) is 12.1. The van der Waals surface area contributed by atoms with Crippen LogP contribution in [0.3, 0.4) is 0 Å². The van der Waals surface area contributed by atoms with Gasteiger partial charge in [-0.1, -0.05) is 50.5 Å². The summed E-state index contributed by atoms with van der Waals surface area (Å²) in [6.45, 7) is 2.24. The minimum absolute atomic E-state index is 0.248. The fraction of sp³-hybridized carbons (Fsp3) is 0.500. The Morgan fingerprint density at radius 1 is 1.12 bits per heavy atom. The standard InChI is InChI=1S/C22H25F2N/c1-2-3-4-7-17-10-12-18(13-11-17)8-5-6-9-19-14-21(23)20(16-25)22(24)15-19/h5,8,14-15,17-18H,2-4,7,10-13H2,1H3/b8-5+/t17-,18-. The van der Waals surface area contributed by atoms with Crippen LogP contribution in [0.25, 0.3) is 0 Å². The molecule has 0 heterocycles. The Kier molecular flexibility index (Phi) is 7.68. The van der Waals surface area contributed by atoms with Crippen LogP contribution in [-0.4, -0.2) is 0 Å². The van der Waals surface area contributed by atoms with Gasteiger partial charge in [-0.2, -0.15) is 5.26 Å². The highest BCUT2D eigenvalue weighted by atomic mass is 19.1. The van der Waals surface area contributed by atoms with Crippen molar-refractivity contribution in [1.82, 2.24) is 0 Å². The second-order valence-electron chi connectivity index (χ2n) is 6.83. The molecule has 0 aromatic heterocycles. The fourth-order valence-electron chi connectivity index (χ4n) is 3.41. The van der Waals surface area contributed by atoms with Crippen molar-refractivity contribution in [3.05, 3.63) is 47.0 Å². The van der Waals surface area contributed by atoms with E-state index in [2.05, 4.69) is 24.8 Å². The van der Waals surface area contributed by atoms with Gasteiger partial charge in [0.05, 0.1) is 0 Å². The summed E-state index contributed by atoms with van der Waals surface area (Å²) in [5.41, 5.74) is -0.310. The number of nitrogens with zero attached hydrogens (tertiary/aromatic N) is 1. The van der Waals surface area contributed by atoms with Gasteiger partial charge in [0, 0.05) is 5.56 Å². The van der Waals surface area contributed by atoms with Crippen LogP contribution in [0.15, 0.2) is 24.3 Å². The molecule has 0 saturated heterocycles. The average molecular weight is 341 g/mol. The van der Waals surface area contributed by atoms with Crippen LogP contribution in [0.1, 0.15) is 69.4 Å². The monoisotopic (exact) mass is 341 g/mol. The maximum absolute atomic E-state index is 13.5.